The molecule has 102 valence electrons. The zero-order chi connectivity index (χ0) is 14.5. The lowest BCUT2D eigenvalue weighted by Crippen LogP contribution is -2.20. The van der Waals surface area contributed by atoms with E-state index in [0.29, 0.717) is 0 Å². The number of nitro groups is 1. The van der Waals surface area contributed by atoms with Gasteiger partial charge in [0.2, 0.25) is 5.28 Å². The number of carbonyl (C=O) groups is 1. The predicted octanol–water partition coefficient (Wildman–Crippen LogP) is 2.68. The minimum atomic E-state index is -0.597. The van der Waals surface area contributed by atoms with Crippen molar-refractivity contribution in [3.63, 3.8) is 0 Å². The molecule has 0 saturated carbocycles. The van der Waals surface area contributed by atoms with Crippen LogP contribution < -0.4 is 10.6 Å². The van der Waals surface area contributed by atoms with Crippen molar-refractivity contribution in [3.05, 3.63) is 51.9 Å². The highest BCUT2D eigenvalue weighted by atomic mass is 35.5. The number of halogens is 1. The lowest BCUT2D eigenvalue weighted by atomic mass is 10.3. The van der Waals surface area contributed by atoms with Gasteiger partial charge in [0, 0.05) is 24.0 Å². The first-order chi connectivity index (χ1) is 9.54. The summed E-state index contributed by atoms with van der Waals surface area (Å²) in [5.41, 5.74) is 0.171. The highest BCUT2D eigenvalue weighted by Gasteiger charge is 2.08. The Morgan fingerprint density at radius 3 is 2.80 bits per heavy atom. The zero-order valence-electron chi connectivity index (χ0n) is 9.91. The van der Waals surface area contributed by atoms with E-state index in [4.69, 9.17) is 11.6 Å². The number of nitrogens with one attached hydrogen (secondary N) is 2. The van der Waals surface area contributed by atoms with Crippen LogP contribution in [0.3, 0.4) is 0 Å². The zero-order valence-corrected chi connectivity index (χ0v) is 10.7. The van der Waals surface area contributed by atoms with E-state index in [2.05, 4.69) is 20.6 Å². The molecule has 0 atom stereocenters. The van der Waals surface area contributed by atoms with Crippen molar-refractivity contribution in [2.45, 2.75) is 0 Å². The van der Waals surface area contributed by atoms with Crippen molar-refractivity contribution in [2.75, 3.05) is 10.6 Å². The van der Waals surface area contributed by atoms with Crippen molar-refractivity contribution in [1.82, 2.24) is 9.97 Å². The predicted molar refractivity (Wildman–Crippen MR) is 72.8 cm³/mol. The van der Waals surface area contributed by atoms with E-state index in [-0.39, 0.29) is 22.5 Å². The Morgan fingerprint density at radius 1 is 1.30 bits per heavy atom. The Bertz CT molecular complexity index is 664. The average molecular weight is 294 g/mol. The van der Waals surface area contributed by atoms with E-state index in [0.717, 1.165) is 0 Å². The van der Waals surface area contributed by atoms with Crippen LogP contribution in [0.1, 0.15) is 0 Å². The maximum Gasteiger partial charge on any atom is 0.324 e. The smallest absolute Gasteiger partial charge is 0.307 e. The number of amides is 2. The fourth-order valence-corrected chi connectivity index (χ4v) is 1.53. The monoisotopic (exact) mass is 293 g/mol. The molecule has 0 aliphatic carbocycles. The van der Waals surface area contributed by atoms with Crippen molar-refractivity contribution in [3.8, 4) is 0 Å². The molecule has 0 aliphatic heterocycles. The van der Waals surface area contributed by atoms with Gasteiger partial charge in [-0.2, -0.15) is 0 Å². The molecule has 1 aromatic carbocycles. The van der Waals surface area contributed by atoms with Gasteiger partial charge >= 0.3 is 6.03 Å². The molecule has 0 fully saturated rings. The number of rotatable bonds is 3. The number of aromatic nitrogens is 2. The Hall–Kier alpha value is -2.74. The van der Waals surface area contributed by atoms with Gasteiger partial charge in [-0.1, -0.05) is 6.07 Å². The van der Waals surface area contributed by atoms with Crippen LogP contribution in [0.15, 0.2) is 36.5 Å². The second-order valence-electron chi connectivity index (χ2n) is 3.60. The molecule has 1 heterocycles. The summed E-state index contributed by atoms with van der Waals surface area (Å²) in [5.74, 6) is 0.216. The molecule has 0 spiro atoms. The number of anilines is 2. The van der Waals surface area contributed by atoms with Crippen LogP contribution >= 0.6 is 11.6 Å². The van der Waals surface area contributed by atoms with E-state index in [9.17, 15) is 14.9 Å². The molecule has 2 amide bonds. The maximum atomic E-state index is 11.7. The molecular formula is C11H8ClN5O3. The van der Waals surface area contributed by atoms with E-state index in [1.54, 1.807) is 0 Å². The van der Waals surface area contributed by atoms with Crippen LogP contribution in [0.4, 0.5) is 22.0 Å². The van der Waals surface area contributed by atoms with Gasteiger partial charge in [-0.25, -0.2) is 14.8 Å². The molecule has 0 unspecified atom stereocenters. The lowest BCUT2D eigenvalue weighted by molar-refractivity contribution is -0.384. The third-order valence-electron chi connectivity index (χ3n) is 2.18. The van der Waals surface area contributed by atoms with Crippen LogP contribution in [0.25, 0.3) is 0 Å². The number of hydrogen-bond acceptors (Lipinski definition) is 5. The second kappa shape index (κ2) is 5.93. The fraction of sp³-hybridized carbons (Fsp3) is 0. The summed E-state index contributed by atoms with van der Waals surface area (Å²) in [6.45, 7) is 0. The first-order valence-electron chi connectivity index (χ1n) is 5.35. The standard InChI is InChI=1S/C11H8ClN5O3/c12-10-13-5-4-9(15-10)16-11(18)14-7-2-1-3-8(6-7)17(19)20/h1-6H,(H2,13,14,15,16,18). The van der Waals surface area contributed by atoms with Crippen LogP contribution in [0.2, 0.25) is 5.28 Å². The molecule has 2 rings (SSSR count). The molecule has 2 N–H and O–H groups in total. The summed E-state index contributed by atoms with van der Waals surface area (Å²) in [7, 11) is 0. The quantitative estimate of drug-likeness (QED) is 0.513. The molecule has 0 aliphatic rings. The number of carbonyl (C=O) groups excluding carboxylic acids is 1. The maximum absolute atomic E-state index is 11.7. The minimum absolute atomic E-state index is 0.00171. The number of hydrogen-bond donors (Lipinski definition) is 2. The van der Waals surface area contributed by atoms with Crippen molar-refractivity contribution < 1.29 is 9.72 Å². The number of benzene rings is 1. The lowest BCUT2D eigenvalue weighted by Gasteiger charge is -2.06. The fourth-order valence-electron chi connectivity index (χ4n) is 1.38. The van der Waals surface area contributed by atoms with Gasteiger partial charge in [-0.15, -0.1) is 0 Å². The number of nitro benzene ring substituents is 1. The summed E-state index contributed by atoms with van der Waals surface area (Å²) < 4.78 is 0. The third-order valence-corrected chi connectivity index (χ3v) is 2.36. The van der Waals surface area contributed by atoms with Gasteiger partial charge in [-0.3, -0.25) is 15.4 Å². The van der Waals surface area contributed by atoms with Gasteiger partial charge in [0.25, 0.3) is 5.69 Å². The Morgan fingerprint density at radius 2 is 2.10 bits per heavy atom. The van der Waals surface area contributed by atoms with Crippen LogP contribution in [-0.4, -0.2) is 20.9 Å². The van der Waals surface area contributed by atoms with Gasteiger partial charge < -0.3 is 5.32 Å². The average Bonchev–Trinajstić information content (AvgIpc) is 2.38. The molecule has 8 nitrogen and oxygen atoms in total. The van der Waals surface area contributed by atoms with Gasteiger partial charge in [0.15, 0.2) is 0 Å². The molecule has 9 heteroatoms. The van der Waals surface area contributed by atoms with Crippen LogP contribution in [0.5, 0.6) is 0 Å². The highest BCUT2D eigenvalue weighted by Crippen LogP contribution is 2.17. The summed E-state index contributed by atoms with van der Waals surface area (Å²) in [6, 6.07) is 6.42. The minimum Gasteiger partial charge on any atom is -0.307 e. The Kier molecular flexibility index (Phi) is 4.06. The SMILES string of the molecule is O=C(Nc1cccc([N+](=O)[O-])c1)Nc1ccnc(Cl)n1. The molecule has 1 aromatic heterocycles. The number of non-ortho nitro benzene ring substituents is 1. The normalized spacial score (nSPS) is 9.85. The third kappa shape index (κ3) is 3.62. The van der Waals surface area contributed by atoms with Crippen LogP contribution in [0, 0.1) is 10.1 Å². The topological polar surface area (TPSA) is 110 Å². The van der Waals surface area contributed by atoms with Gasteiger partial charge in [0.05, 0.1) is 4.92 Å². The first kappa shape index (κ1) is 13.7. The number of nitrogens with zero attached hydrogens (tertiary/aromatic N) is 3. The molecule has 0 bridgehead atoms. The summed E-state index contributed by atoms with van der Waals surface area (Å²) in [5, 5.41) is 15.5. The van der Waals surface area contributed by atoms with E-state index < -0.39 is 11.0 Å². The van der Waals surface area contributed by atoms with Crippen molar-refractivity contribution in [1.29, 1.82) is 0 Å². The van der Waals surface area contributed by atoms with Crippen LogP contribution in [-0.2, 0) is 0 Å². The second-order valence-corrected chi connectivity index (χ2v) is 3.94. The van der Waals surface area contributed by atoms with Gasteiger partial charge in [0.1, 0.15) is 5.82 Å². The first-order valence-corrected chi connectivity index (χ1v) is 5.73. The highest BCUT2D eigenvalue weighted by molar-refractivity contribution is 6.28. The summed E-state index contributed by atoms with van der Waals surface area (Å²) in [4.78, 5) is 29.2. The number of urea groups is 1. The molecule has 0 saturated heterocycles. The Labute approximate surface area is 118 Å². The largest absolute Gasteiger partial charge is 0.324 e. The van der Waals surface area contributed by atoms with E-state index in [1.807, 2.05) is 0 Å². The van der Waals surface area contributed by atoms with Crippen molar-refractivity contribution >= 4 is 34.8 Å². The van der Waals surface area contributed by atoms with Crippen molar-refractivity contribution in [2.24, 2.45) is 0 Å². The van der Waals surface area contributed by atoms with E-state index in [1.165, 1.54) is 36.5 Å². The summed E-state index contributed by atoms with van der Waals surface area (Å²) in [6.07, 6.45) is 1.39. The van der Waals surface area contributed by atoms with Gasteiger partial charge in [-0.05, 0) is 23.7 Å². The Balaban J connectivity index is 2.04. The molecule has 2 aromatic rings. The summed E-state index contributed by atoms with van der Waals surface area (Å²) >= 11 is 5.58. The molecular weight excluding hydrogens is 286 g/mol. The molecule has 20 heavy (non-hydrogen) atoms. The molecule has 0 radical (unpaired) electrons. The van der Waals surface area contributed by atoms with E-state index >= 15 is 0 Å².